The highest BCUT2D eigenvalue weighted by atomic mass is 16.5. The summed E-state index contributed by atoms with van der Waals surface area (Å²) in [6.07, 6.45) is 7.47. The van der Waals surface area contributed by atoms with Crippen LogP contribution in [0.25, 0.3) is 11.3 Å². The Morgan fingerprint density at radius 1 is 1.07 bits per heavy atom. The molecule has 0 saturated carbocycles. The molecule has 4 rings (SSSR count). The molecule has 2 heterocycles. The fraction of sp³-hybridized carbons (Fsp3) is 0.405. The average Bonchev–Trinajstić information content (AvgIpc) is 3.54. The molecule has 1 aliphatic rings. The van der Waals surface area contributed by atoms with E-state index in [0.717, 1.165) is 35.2 Å². The van der Waals surface area contributed by atoms with Crippen LogP contribution in [0, 0.1) is 5.41 Å². The summed E-state index contributed by atoms with van der Waals surface area (Å²) in [5, 5.41) is 2.84. The van der Waals surface area contributed by atoms with Crippen molar-refractivity contribution in [1.29, 1.82) is 0 Å². The van der Waals surface area contributed by atoms with E-state index >= 15 is 0 Å². The first-order valence-electron chi connectivity index (χ1n) is 15.9. The molecule has 1 saturated heterocycles. The predicted molar refractivity (Wildman–Crippen MR) is 178 cm³/mol. The molecule has 1 unspecified atom stereocenters. The van der Waals surface area contributed by atoms with Crippen LogP contribution in [0.3, 0.4) is 0 Å². The van der Waals surface area contributed by atoms with Gasteiger partial charge in [-0.25, -0.2) is 0 Å². The second-order valence-corrected chi connectivity index (χ2v) is 12.4. The van der Waals surface area contributed by atoms with Crippen LogP contribution >= 0.6 is 0 Å². The molecular weight excluding hydrogens is 580 g/mol. The number of ether oxygens (including phenoxy) is 2. The van der Waals surface area contributed by atoms with E-state index < -0.39 is 29.5 Å². The van der Waals surface area contributed by atoms with Crippen LogP contribution in [0.15, 0.2) is 91.1 Å². The number of rotatable bonds is 14. The third kappa shape index (κ3) is 9.83. The Morgan fingerprint density at radius 3 is 2.50 bits per heavy atom. The van der Waals surface area contributed by atoms with Gasteiger partial charge in [0.1, 0.15) is 12.6 Å². The highest BCUT2D eigenvalue weighted by molar-refractivity contribution is 5.90. The third-order valence-electron chi connectivity index (χ3n) is 8.21. The van der Waals surface area contributed by atoms with E-state index in [4.69, 9.17) is 15.2 Å². The van der Waals surface area contributed by atoms with Crippen molar-refractivity contribution in [2.75, 3.05) is 13.2 Å². The quantitative estimate of drug-likeness (QED) is 0.194. The topological polar surface area (TPSA) is 124 Å². The maximum Gasteiger partial charge on any atom is 0.302 e. The van der Waals surface area contributed by atoms with Crippen molar-refractivity contribution < 1.29 is 23.9 Å². The van der Waals surface area contributed by atoms with E-state index in [1.807, 2.05) is 73.7 Å². The van der Waals surface area contributed by atoms with E-state index in [9.17, 15) is 14.4 Å². The number of amides is 2. The first-order chi connectivity index (χ1) is 22.0. The number of esters is 1. The van der Waals surface area contributed by atoms with E-state index in [1.54, 1.807) is 24.9 Å². The van der Waals surface area contributed by atoms with Crippen LogP contribution < -0.4 is 11.1 Å². The fourth-order valence-corrected chi connectivity index (χ4v) is 5.62. The summed E-state index contributed by atoms with van der Waals surface area (Å²) in [4.78, 5) is 44.9. The summed E-state index contributed by atoms with van der Waals surface area (Å²) in [5.74, 6) is -0.982. The van der Waals surface area contributed by atoms with Gasteiger partial charge < -0.3 is 25.4 Å². The first-order valence-corrected chi connectivity index (χ1v) is 15.9. The monoisotopic (exact) mass is 626 g/mol. The standard InChI is InChI=1S/C37H46N4O5/c1-26(38)35(43)40-34(27(2)45-24-29-12-6-5-7-13-29)36(44)41-21-11-16-32(41)18-19-37(4,25-46-28(3)42)23-30-14-10-15-31(22-30)33-17-8-9-20-39-33/h5-10,12-15,17-20,22,26-27,32,34H,11,16,21,23-25,38H2,1-4H3,(H,40,43)/b19-18+/t26-,27?,32-,34-,37-/m0/s1. The largest absolute Gasteiger partial charge is 0.465 e. The van der Waals surface area contributed by atoms with Gasteiger partial charge in [0.2, 0.25) is 11.8 Å². The van der Waals surface area contributed by atoms with Gasteiger partial charge >= 0.3 is 5.97 Å². The van der Waals surface area contributed by atoms with Gasteiger partial charge in [-0.05, 0) is 62.4 Å². The number of nitrogens with one attached hydrogen (secondary N) is 1. The normalized spacial score (nSPS) is 18.0. The van der Waals surface area contributed by atoms with Gasteiger partial charge in [-0.1, -0.05) is 73.7 Å². The molecule has 1 aromatic heterocycles. The van der Waals surface area contributed by atoms with E-state index in [-0.39, 0.29) is 24.5 Å². The number of benzene rings is 2. The maximum absolute atomic E-state index is 14.1. The molecule has 9 nitrogen and oxygen atoms in total. The number of hydrogen-bond acceptors (Lipinski definition) is 7. The number of hydrogen-bond donors (Lipinski definition) is 2. The minimum absolute atomic E-state index is 0.185. The lowest BCUT2D eigenvalue weighted by molar-refractivity contribution is -0.143. The van der Waals surface area contributed by atoms with Gasteiger partial charge in [0.25, 0.3) is 0 Å². The SMILES string of the molecule is CC(=O)OC[C@@](C)(/C=C/[C@@H]1CCCN1C(=O)[C@@H](NC(=O)[C@H](C)N)C(C)OCc1ccccc1)Cc1cccc(-c2ccccn2)c1. The number of carbonyl (C=O) groups excluding carboxylic acids is 3. The lowest BCUT2D eigenvalue weighted by Crippen LogP contribution is -2.57. The second-order valence-electron chi connectivity index (χ2n) is 12.4. The zero-order valence-electron chi connectivity index (χ0n) is 27.2. The Labute approximate surface area is 272 Å². The molecule has 3 N–H and O–H groups in total. The summed E-state index contributed by atoms with van der Waals surface area (Å²) in [7, 11) is 0. The lowest BCUT2D eigenvalue weighted by Gasteiger charge is -2.32. The van der Waals surface area contributed by atoms with E-state index in [2.05, 4.69) is 28.5 Å². The maximum atomic E-state index is 14.1. The highest BCUT2D eigenvalue weighted by Crippen LogP contribution is 2.30. The molecule has 0 spiro atoms. The van der Waals surface area contributed by atoms with Crippen molar-refractivity contribution in [3.63, 3.8) is 0 Å². The molecule has 2 aromatic carbocycles. The summed E-state index contributed by atoms with van der Waals surface area (Å²) in [5.41, 5.74) is 9.25. The number of carbonyl (C=O) groups is 3. The Morgan fingerprint density at radius 2 is 1.80 bits per heavy atom. The van der Waals surface area contributed by atoms with Gasteiger partial charge in [0.05, 0.1) is 30.5 Å². The van der Waals surface area contributed by atoms with Crippen molar-refractivity contribution in [1.82, 2.24) is 15.2 Å². The lowest BCUT2D eigenvalue weighted by atomic mass is 9.83. The number of nitrogens with two attached hydrogens (primary N) is 1. The Bertz CT molecular complexity index is 1480. The number of aromatic nitrogens is 1. The van der Waals surface area contributed by atoms with Crippen molar-refractivity contribution in [3.05, 3.63) is 102 Å². The molecule has 3 aromatic rings. The summed E-state index contributed by atoms with van der Waals surface area (Å²) >= 11 is 0. The van der Waals surface area contributed by atoms with Gasteiger partial charge in [-0.2, -0.15) is 0 Å². The van der Waals surface area contributed by atoms with Gasteiger partial charge in [-0.3, -0.25) is 19.4 Å². The minimum atomic E-state index is -0.905. The van der Waals surface area contributed by atoms with Crippen LogP contribution in [-0.4, -0.2) is 65.0 Å². The molecular formula is C37H46N4O5. The number of nitrogens with zero attached hydrogens (tertiary/aromatic N) is 2. The molecule has 0 radical (unpaired) electrons. The zero-order valence-corrected chi connectivity index (χ0v) is 27.2. The molecule has 244 valence electrons. The van der Waals surface area contributed by atoms with Crippen LogP contribution in [0.4, 0.5) is 0 Å². The van der Waals surface area contributed by atoms with Crippen molar-refractivity contribution in [2.45, 2.75) is 77.8 Å². The summed E-state index contributed by atoms with van der Waals surface area (Å²) in [6.45, 7) is 7.88. The highest BCUT2D eigenvalue weighted by Gasteiger charge is 2.37. The number of likely N-dealkylation sites (tertiary alicyclic amines) is 1. The molecule has 46 heavy (non-hydrogen) atoms. The molecule has 0 aliphatic carbocycles. The van der Waals surface area contributed by atoms with Gasteiger partial charge in [-0.15, -0.1) is 0 Å². The summed E-state index contributed by atoms with van der Waals surface area (Å²) < 4.78 is 11.6. The first kappa shape index (κ1) is 34.5. The van der Waals surface area contributed by atoms with Crippen LogP contribution in [0.1, 0.15) is 51.7 Å². The van der Waals surface area contributed by atoms with E-state index in [0.29, 0.717) is 19.6 Å². The molecule has 0 bridgehead atoms. The predicted octanol–water partition coefficient (Wildman–Crippen LogP) is 4.85. The third-order valence-corrected chi connectivity index (χ3v) is 8.21. The minimum Gasteiger partial charge on any atom is -0.465 e. The molecule has 1 aliphatic heterocycles. The smallest absolute Gasteiger partial charge is 0.302 e. The Hall–Kier alpha value is -4.34. The Balaban J connectivity index is 1.53. The van der Waals surface area contributed by atoms with Crippen LogP contribution in [0.5, 0.6) is 0 Å². The van der Waals surface area contributed by atoms with Crippen molar-refractivity contribution >= 4 is 17.8 Å². The number of pyridine rings is 1. The van der Waals surface area contributed by atoms with Gasteiger partial charge in [0.15, 0.2) is 0 Å². The average molecular weight is 627 g/mol. The molecule has 2 amide bonds. The van der Waals surface area contributed by atoms with Crippen molar-refractivity contribution in [2.24, 2.45) is 11.1 Å². The fourth-order valence-electron chi connectivity index (χ4n) is 5.62. The Kier molecular flexibility index (Phi) is 12.2. The second kappa shape index (κ2) is 16.3. The molecule has 9 heteroatoms. The zero-order chi connectivity index (χ0) is 33.1. The summed E-state index contributed by atoms with van der Waals surface area (Å²) in [6, 6.07) is 21.8. The molecule has 1 fully saturated rings. The van der Waals surface area contributed by atoms with Crippen LogP contribution in [0.2, 0.25) is 0 Å². The molecule has 5 atom stereocenters. The van der Waals surface area contributed by atoms with Crippen LogP contribution in [-0.2, 0) is 36.9 Å². The van der Waals surface area contributed by atoms with Crippen molar-refractivity contribution in [3.8, 4) is 11.3 Å². The van der Waals surface area contributed by atoms with E-state index in [1.165, 1.54) is 6.92 Å². The van der Waals surface area contributed by atoms with Gasteiger partial charge in [0, 0.05) is 30.6 Å².